The van der Waals surface area contributed by atoms with Gasteiger partial charge in [0.15, 0.2) is 0 Å². The lowest BCUT2D eigenvalue weighted by atomic mass is 10.1. The fourth-order valence-corrected chi connectivity index (χ4v) is 4.00. The molecule has 5 rings (SSSR count). The van der Waals surface area contributed by atoms with Crippen molar-refractivity contribution in [3.8, 4) is 11.3 Å². The Labute approximate surface area is 183 Å². The average molecular weight is 422 g/mol. The molecule has 7 nitrogen and oxygen atoms in total. The Morgan fingerprint density at radius 1 is 0.906 bits per heavy atom. The minimum atomic E-state index is -0.584. The molecule has 1 aliphatic rings. The smallest absolute Gasteiger partial charge is 0.280 e. The number of hydrazine groups is 1. The molecule has 0 saturated heterocycles. The Morgan fingerprint density at radius 2 is 1.56 bits per heavy atom. The standard InChI is InChI=1S/C25H18N4O3/c1-28-22(16-8-3-2-4-9-16)17(18-12-7-15-26-23(18)28)13-14-21(30)27-29-24(31)19-10-5-6-11-20(19)25(29)32/h2-15H,1H3,(H,27,30)/b14-13+. The molecule has 2 aromatic heterocycles. The predicted molar refractivity (Wildman–Crippen MR) is 120 cm³/mol. The van der Waals surface area contributed by atoms with E-state index in [0.717, 1.165) is 32.9 Å². The molecule has 32 heavy (non-hydrogen) atoms. The van der Waals surface area contributed by atoms with E-state index in [9.17, 15) is 14.4 Å². The number of nitrogens with zero attached hydrogens (tertiary/aromatic N) is 3. The van der Waals surface area contributed by atoms with Gasteiger partial charge in [0.2, 0.25) is 0 Å². The second-order valence-corrected chi connectivity index (χ2v) is 7.36. The van der Waals surface area contributed by atoms with Crippen LogP contribution in [0.1, 0.15) is 26.3 Å². The number of aryl methyl sites for hydroxylation is 1. The number of rotatable bonds is 4. The van der Waals surface area contributed by atoms with Crippen molar-refractivity contribution in [2.24, 2.45) is 7.05 Å². The fraction of sp³-hybridized carbons (Fsp3) is 0.0400. The molecule has 0 bridgehead atoms. The van der Waals surface area contributed by atoms with Gasteiger partial charge >= 0.3 is 0 Å². The van der Waals surface area contributed by atoms with E-state index >= 15 is 0 Å². The molecule has 156 valence electrons. The zero-order valence-electron chi connectivity index (χ0n) is 17.1. The second-order valence-electron chi connectivity index (χ2n) is 7.36. The molecule has 0 atom stereocenters. The summed E-state index contributed by atoms with van der Waals surface area (Å²) in [5, 5.41) is 1.64. The fourth-order valence-electron chi connectivity index (χ4n) is 4.00. The molecule has 0 spiro atoms. The molecule has 2 aromatic carbocycles. The number of hydrogen-bond donors (Lipinski definition) is 1. The molecule has 0 unspecified atom stereocenters. The van der Waals surface area contributed by atoms with Crippen LogP contribution in [-0.4, -0.2) is 32.3 Å². The molecule has 7 heteroatoms. The monoisotopic (exact) mass is 422 g/mol. The van der Waals surface area contributed by atoms with Crippen LogP contribution in [0.25, 0.3) is 28.4 Å². The van der Waals surface area contributed by atoms with Crippen molar-refractivity contribution in [1.29, 1.82) is 0 Å². The van der Waals surface area contributed by atoms with Gasteiger partial charge in [-0.05, 0) is 35.9 Å². The molecule has 0 radical (unpaired) electrons. The van der Waals surface area contributed by atoms with E-state index in [1.807, 2.05) is 54.1 Å². The van der Waals surface area contributed by atoms with Gasteiger partial charge < -0.3 is 4.57 Å². The summed E-state index contributed by atoms with van der Waals surface area (Å²) >= 11 is 0. The zero-order chi connectivity index (χ0) is 22.2. The Kier molecular flexibility index (Phi) is 4.63. The van der Waals surface area contributed by atoms with Gasteiger partial charge in [-0.15, -0.1) is 0 Å². The van der Waals surface area contributed by atoms with Crippen molar-refractivity contribution >= 4 is 34.8 Å². The first-order chi connectivity index (χ1) is 15.6. The summed E-state index contributed by atoms with van der Waals surface area (Å²) < 4.78 is 1.98. The van der Waals surface area contributed by atoms with E-state index in [4.69, 9.17) is 0 Å². The summed E-state index contributed by atoms with van der Waals surface area (Å²) in [6.45, 7) is 0. The lowest BCUT2D eigenvalue weighted by Gasteiger charge is -2.13. The average Bonchev–Trinajstić information content (AvgIpc) is 3.25. The highest BCUT2D eigenvalue weighted by Crippen LogP contribution is 2.33. The number of amides is 3. The Morgan fingerprint density at radius 3 is 2.25 bits per heavy atom. The third-order valence-corrected chi connectivity index (χ3v) is 5.45. The van der Waals surface area contributed by atoms with Crippen LogP contribution in [0.5, 0.6) is 0 Å². The molecule has 1 N–H and O–H groups in total. The number of fused-ring (bicyclic) bond motifs is 2. The number of imide groups is 1. The third-order valence-electron chi connectivity index (χ3n) is 5.45. The van der Waals surface area contributed by atoms with Crippen LogP contribution in [0.15, 0.2) is 79.0 Å². The molecule has 3 amide bonds. The maximum atomic E-state index is 12.6. The lowest BCUT2D eigenvalue weighted by Crippen LogP contribution is -2.45. The van der Waals surface area contributed by atoms with Crippen LogP contribution < -0.4 is 5.43 Å². The number of pyridine rings is 1. The highest BCUT2D eigenvalue weighted by atomic mass is 16.2. The number of carbonyl (C=O) groups is 3. The predicted octanol–water partition coefficient (Wildman–Crippen LogP) is 3.58. The molecule has 0 saturated carbocycles. The summed E-state index contributed by atoms with van der Waals surface area (Å²) in [5.74, 6) is -1.68. The number of carbonyl (C=O) groups excluding carboxylic acids is 3. The van der Waals surface area contributed by atoms with Crippen molar-refractivity contribution in [3.05, 3.63) is 95.7 Å². The number of benzene rings is 2. The van der Waals surface area contributed by atoms with Crippen molar-refractivity contribution in [2.75, 3.05) is 0 Å². The van der Waals surface area contributed by atoms with E-state index < -0.39 is 17.7 Å². The van der Waals surface area contributed by atoms with E-state index in [1.54, 1.807) is 36.5 Å². The maximum absolute atomic E-state index is 12.6. The van der Waals surface area contributed by atoms with Gasteiger partial charge in [-0.2, -0.15) is 5.01 Å². The number of nitrogens with one attached hydrogen (secondary N) is 1. The normalized spacial score (nSPS) is 13.2. The van der Waals surface area contributed by atoms with Crippen molar-refractivity contribution in [2.45, 2.75) is 0 Å². The summed E-state index contributed by atoms with van der Waals surface area (Å²) in [7, 11) is 1.92. The van der Waals surface area contributed by atoms with Gasteiger partial charge in [0.1, 0.15) is 5.65 Å². The van der Waals surface area contributed by atoms with Crippen LogP contribution in [0.3, 0.4) is 0 Å². The highest BCUT2D eigenvalue weighted by molar-refractivity contribution is 6.22. The van der Waals surface area contributed by atoms with E-state index in [-0.39, 0.29) is 11.1 Å². The van der Waals surface area contributed by atoms with Crippen LogP contribution >= 0.6 is 0 Å². The molecule has 4 aromatic rings. The summed E-state index contributed by atoms with van der Waals surface area (Å²) in [5.41, 5.74) is 6.43. The van der Waals surface area contributed by atoms with Gasteiger partial charge in [0, 0.05) is 30.3 Å². The van der Waals surface area contributed by atoms with E-state index in [1.165, 1.54) is 6.08 Å². The first-order valence-corrected chi connectivity index (χ1v) is 10.0. The minimum absolute atomic E-state index is 0.272. The first-order valence-electron chi connectivity index (χ1n) is 10.0. The quantitative estimate of drug-likeness (QED) is 0.402. The third kappa shape index (κ3) is 3.07. The summed E-state index contributed by atoms with van der Waals surface area (Å²) in [4.78, 5) is 42.1. The minimum Gasteiger partial charge on any atom is -0.328 e. The van der Waals surface area contributed by atoms with Gasteiger partial charge in [-0.1, -0.05) is 42.5 Å². The maximum Gasteiger partial charge on any atom is 0.280 e. The zero-order valence-corrected chi connectivity index (χ0v) is 17.1. The van der Waals surface area contributed by atoms with Crippen molar-refractivity contribution in [3.63, 3.8) is 0 Å². The number of aromatic nitrogens is 2. The topological polar surface area (TPSA) is 84.3 Å². The molecule has 0 fully saturated rings. The second kappa shape index (κ2) is 7.63. The van der Waals surface area contributed by atoms with E-state index in [2.05, 4.69) is 10.4 Å². The Hall–Kier alpha value is -4.52. The van der Waals surface area contributed by atoms with Gasteiger partial charge in [-0.25, -0.2) is 4.98 Å². The number of hydrogen-bond acceptors (Lipinski definition) is 4. The summed E-state index contributed by atoms with van der Waals surface area (Å²) in [6, 6.07) is 20.1. The highest BCUT2D eigenvalue weighted by Gasteiger charge is 2.36. The molecular formula is C25H18N4O3. The summed E-state index contributed by atoms with van der Waals surface area (Å²) in [6.07, 6.45) is 4.72. The Bertz CT molecular complexity index is 1380. The Balaban J connectivity index is 1.48. The molecule has 0 aliphatic carbocycles. The van der Waals surface area contributed by atoms with Gasteiger partial charge in [0.25, 0.3) is 17.7 Å². The van der Waals surface area contributed by atoms with Crippen molar-refractivity contribution in [1.82, 2.24) is 20.0 Å². The van der Waals surface area contributed by atoms with Crippen LogP contribution in [0, 0.1) is 0 Å². The molecule has 1 aliphatic heterocycles. The van der Waals surface area contributed by atoms with Crippen molar-refractivity contribution < 1.29 is 14.4 Å². The van der Waals surface area contributed by atoms with Gasteiger partial charge in [0.05, 0.1) is 16.8 Å². The lowest BCUT2D eigenvalue weighted by molar-refractivity contribution is -0.119. The van der Waals surface area contributed by atoms with E-state index in [0.29, 0.717) is 0 Å². The van der Waals surface area contributed by atoms with Gasteiger partial charge in [-0.3, -0.25) is 19.8 Å². The van der Waals surface area contributed by atoms with Crippen LogP contribution in [-0.2, 0) is 11.8 Å². The first kappa shape index (κ1) is 19.4. The molecular weight excluding hydrogens is 404 g/mol. The SMILES string of the molecule is Cn1c(-c2ccccc2)c(/C=C/C(=O)NN2C(=O)c3ccccc3C2=O)c2cccnc21. The van der Waals surface area contributed by atoms with Crippen LogP contribution in [0.2, 0.25) is 0 Å². The largest absolute Gasteiger partial charge is 0.328 e. The van der Waals surface area contributed by atoms with Crippen LogP contribution in [0.4, 0.5) is 0 Å². The molecule has 3 heterocycles.